The van der Waals surface area contributed by atoms with E-state index in [-0.39, 0.29) is 11.4 Å². The van der Waals surface area contributed by atoms with Crippen molar-refractivity contribution in [3.63, 3.8) is 0 Å². The number of rotatable bonds is 2. The van der Waals surface area contributed by atoms with E-state index in [4.69, 9.17) is 10.5 Å². The summed E-state index contributed by atoms with van der Waals surface area (Å²) in [7, 11) is 0. The maximum Gasteiger partial charge on any atom is 0.161 e. The van der Waals surface area contributed by atoms with Crippen molar-refractivity contribution in [2.75, 3.05) is 0 Å². The van der Waals surface area contributed by atoms with Gasteiger partial charge in [0, 0.05) is 6.54 Å². The van der Waals surface area contributed by atoms with Gasteiger partial charge in [-0.05, 0) is 38.5 Å². The molecule has 3 heteroatoms. The molecule has 0 unspecified atom stereocenters. The summed E-state index contributed by atoms with van der Waals surface area (Å²) in [6.45, 7) is 6.22. The normalized spacial score (nSPS) is 11.4. The largest absolute Gasteiger partial charge is 0.504 e. The fraction of sp³-hybridized carbons (Fsp3) is 0.455. The maximum atomic E-state index is 9.61. The molecule has 0 aliphatic carbocycles. The van der Waals surface area contributed by atoms with Gasteiger partial charge >= 0.3 is 0 Å². The van der Waals surface area contributed by atoms with Crippen molar-refractivity contribution in [3.05, 3.63) is 23.8 Å². The lowest BCUT2D eigenvalue weighted by Crippen LogP contribution is -2.23. The van der Waals surface area contributed by atoms with Gasteiger partial charge < -0.3 is 15.6 Å². The number of aromatic hydroxyl groups is 1. The maximum absolute atomic E-state index is 9.61. The van der Waals surface area contributed by atoms with Crippen LogP contribution >= 0.6 is 0 Å². The lowest BCUT2D eigenvalue weighted by molar-refractivity contribution is 0.126. The molecule has 0 saturated carbocycles. The van der Waals surface area contributed by atoms with E-state index in [1.165, 1.54) is 0 Å². The Morgan fingerprint density at radius 1 is 1.36 bits per heavy atom. The average molecular weight is 195 g/mol. The molecule has 0 aliphatic rings. The van der Waals surface area contributed by atoms with Crippen molar-refractivity contribution in [1.82, 2.24) is 0 Å². The van der Waals surface area contributed by atoms with E-state index in [9.17, 15) is 5.11 Å². The Bertz CT molecular complexity index is 316. The molecule has 1 rings (SSSR count). The lowest BCUT2D eigenvalue weighted by Gasteiger charge is -2.22. The zero-order valence-electron chi connectivity index (χ0n) is 8.87. The SMILES string of the molecule is CC(C)(C)Oc1ccc(CN)cc1O. The summed E-state index contributed by atoms with van der Waals surface area (Å²) in [6.07, 6.45) is 0. The van der Waals surface area contributed by atoms with E-state index in [1.54, 1.807) is 12.1 Å². The second-order valence-electron chi connectivity index (χ2n) is 4.22. The third kappa shape index (κ3) is 2.92. The standard InChI is InChI=1S/C11H17NO2/c1-11(2,3)14-10-5-4-8(7-12)6-9(10)13/h4-6,13H,7,12H2,1-3H3. The summed E-state index contributed by atoms with van der Waals surface area (Å²) >= 11 is 0. The quantitative estimate of drug-likeness (QED) is 0.759. The summed E-state index contributed by atoms with van der Waals surface area (Å²) in [6, 6.07) is 5.21. The number of phenols is 1. The Labute approximate surface area is 84.5 Å². The van der Waals surface area contributed by atoms with E-state index in [0.29, 0.717) is 12.3 Å². The molecule has 0 amide bonds. The predicted molar refractivity (Wildman–Crippen MR) is 56.4 cm³/mol. The molecule has 3 nitrogen and oxygen atoms in total. The number of phenolic OH excluding ortho intramolecular Hbond substituents is 1. The second-order valence-corrected chi connectivity index (χ2v) is 4.22. The second kappa shape index (κ2) is 3.88. The van der Waals surface area contributed by atoms with Crippen LogP contribution in [-0.2, 0) is 6.54 Å². The first-order chi connectivity index (χ1) is 6.42. The summed E-state index contributed by atoms with van der Waals surface area (Å²) < 4.78 is 5.54. The molecule has 0 radical (unpaired) electrons. The van der Waals surface area contributed by atoms with Gasteiger partial charge in [-0.15, -0.1) is 0 Å². The number of nitrogens with two attached hydrogens (primary N) is 1. The molecule has 78 valence electrons. The van der Waals surface area contributed by atoms with Crippen LogP contribution in [0.15, 0.2) is 18.2 Å². The van der Waals surface area contributed by atoms with Crippen LogP contribution in [0, 0.1) is 0 Å². The van der Waals surface area contributed by atoms with Gasteiger partial charge in [-0.25, -0.2) is 0 Å². The molecule has 0 aromatic heterocycles. The number of hydrogen-bond donors (Lipinski definition) is 2. The van der Waals surface area contributed by atoms with Gasteiger partial charge in [0.1, 0.15) is 5.60 Å². The Morgan fingerprint density at radius 3 is 2.43 bits per heavy atom. The van der Waals surface area contributed by atoms with Crippen molar-refractivity contribution < 1.29 is 9.84 Å². The Hall–Kier alpha value is -1.22. The highest BCUT2D eigenvalue weighted by Crippen LogP contribution is 2.29. The summed E-state index contributed by atoms with van der Waals surface area (Å²) in [5, 5.41) is 9.61. The number of hydrogen-bond acceptors (Lipinski definition) is 3. The molecule has 0 spiro atoms. The van der Waals surface area contributed by atoms with E-state index in [1.807, 2.05) is 26.8 Å². The van der Waals surface area contributed by atoms with Gasteiger partial charge in [0.25, 0.3) is 0 Å². The lowest BCUT2D eigenvalue weighted by atomic mass is 10.1. The van der Waals surface area contributed by atoms with E-state index in [0.717, 1.165) is 5.56 Å². The molecule has 3 N–H and O–H groups in total. The summed E-state index contributed by atoms with van der Waals surface area (Å²) in [5.41, 5.74) is 6.03. The van der Waals surface area contributed by atoms with Crippen molar-refractivity contribution in [1.29, 1.82) is 0 Å². The molecule has 0 fully saturated rings. The van der Waals surface area contributed by atoms with Gasteiger partial charge in [0.2, 0.25) is 0 Å². The third-order valence-electron chi connectivity index (χ3n) is 1.68. The molecular weight excluding hydrogens is 178 g/mol. The van der Waals surface area contributed by atoms with E-state index in [2.05, 4.69) is 0 Å². The van der Waals surface area contributed by atoms with Crippen molar-refractivity contribution >= 4 is 0 Å². The molecule has 0 saturated heterocycles. The predicted octanol–water partition coefficient (Wildman–Crippen LogP) is 2.03. The summed E-state index contributed by atoms with van der Waals surface area (Å²) in [5.74, 6) is 0.637. The smallest absolute Gasteiger partial charge is 0.161 e. The van der Waals surface area contributed by atoms with Gasteiger partial charge in [-0.3, -0.25) is 0 Å². The first-order valence-electron chi connectivity index (χ1n) is 4.63. The first kappa shape index (κ1) is 10.9. The Balaban J connectivity index is 2.89. The third-order valence-corrected chi connectivity index (χ3v) is 1.68. The fourth-order valence-corrected chi connectivity index (χ4v) is 1.11. The average Bonchev–Trinajstić information content (AvgIpc) is 2.06. The molecule has 1 aromatic carbocycles. The van der Waals surface area contributed by atoms with Crippen molar-refractivity contribution in [2.45, 2.75) is 32.9 Å². The molecule has 1 aromatic rings. The highest BCUT2D eigenvalue weighted by atomic mass is 16.5. The number of benzene rings is 1. The minimum absolute atomic E-state index is 0.142. The Kier molecular flexibility index (Phi) is 3.01. The molecule has 14 heavy (non-hydrogen) atoms. The minimum Gasteiger partial charge on any atom is -0.504 e. The number of ether oxygens (including phenoxy) is 1. The first-order valence-corrected chi connectivity index (χ1v) is 4.63. The van der Waals surface area contributed by atoms with Crippen molar-refractivity contribution in [2.24, 2.45) is 5.73 Å². The van der Waals surface area contributed by atoms with E-state index < -0.39 is 0 Å². The highest BCUT2D eigenvalue weighted by Gasteiger charge is 2.14. The van der Waals surface area contributed by atoms with Crippen LogP contribution in [0.5, 0.6) is 11.5 Å². The molecular formula is C11H17NO2. The monoisotopic (exact) mass is 195 g/mol. The van der Waals surface area contributed by atoms with Crippen molar-refractivity contribution in [3.8, 4) is 11.5 Å². The van der Waals surface area contributed by atoms with E-state index >= 15 is 0 Å². The summed E-state index contributed by atoms with van der Waals surface area (Å²) in [4.78, 5) is 0. The Morgan fingerprint density at radius 2 is 2.00 bits per heavy atom. The zero-order valence-corrected chi connectivity index (χ0v) is 8.87. The van der Waals surface area contributed by atoms with Crippen LogP contribution < -0.4 is 10.5 Å². The van der Waals surface area contributed by atoms with Crippen LogP contribution in [0.1, 0.15) is 26.3 Å². The molecule has 0 bridgehead atoms. The van der Waals surface area contributed by atoms with Crippen LogP contribution in [0.4, 0.5) is 0 Å². The fourth-order valence-electron chi connectivity index (χ4n) is 1.11. The minimum atomic E-state index is -0.304. The van der Waals surface area contributed by atoms with Gasteiger partial charge in [0.05, 0.1) is 0 Å². The zero-order chi connectivity index (χ0) is 10.8. The van der Waals surface area contributed by atoms with Gasteiger partial charge in [-0.2, -0.15) is 0 Å². The van der Waals surface area contributed by atoms with Crippen LogP contribution in [0.3, 0.4) is 0 Å². The van der Waals surface area contributed by atoms with Crippen LogP contribution in [0.25, 0.3) is 0 Å². The van der Waals surface area contributed by atoms with Gasteiger partial charge in [0.15, 0.2) is 11.5 Å². The topological polar surface area (TPSA) is 55.5 Å². The molecule has 0 atom stereocenters. The van der Waals surface area contributed by atoms with Gasteiger partial charge in [-0.1, -0.05) is 6.07 Å². The van der Waals surface area contributed by atoms with Crippen LogP contribution in [-0.4, -0.2) is 10.7 Å². The molecule has 0 heterocycles. The molecule has 0 aliphatic heterocycles. The van der Waals surface area contributed by atoms with Crippen LogP contribution in [0.2, 0.25) is 0 Å². The highest BCUT2D eigenvalue weighted by molar-refractivity contribution is 5.42.